The number of benzene rings is 2. The van der Waals surface area contributed by atoms with E-state index in [1.165, 1.54) is 12.1 Å². The van der Waals surface area contributed by atoms with E-state index in [1.54, 1.807) is 38.1 Å². The largest absolute Gasteiger partial charge is 0.392 e. The summed E-state index contributed by atoms with van der Waals surface area (Å²) >= 11 is 0. The Morgan fingerprint density at radius 1 is 0.776 bits per heavy atom. The molecule has 49 heavy (non-hydrogen) atoms. The smallest absolute Gasteiger partial charge is 0.312 e. The molecule has 0 spiro atoms. The number of hydrogen-bond acceptors (Lipinski definition) is 9. The second kappa shape index (κ2) is 15.6. The molecule has 256 valence electrons. The summed E-state index contributed by atoms with van der Waals surface area (Å²) in [4.78, 5) is 103. The van der Waals surface area contributed by atoms with Gasteiger partial charge >= 0.3 is 6.03 Å². The first-order valence-electron chi connectivity index (χ1n) is 15.2. The molecule has 2 aliphatic rings. The third-order valence-electron chi connectivity index (χ3n) is 7.58. The van der Waals surface area contributed by atoms with Crippen LogP contribution in [0.2, 0.25) is 0 Å². The van der Waals surface area contributed by atoms with E-state index in [2.05, 4.69) is 21.3 Å². The normalized spacial score (nSPS) is 15.1. The van der Waals surface area contributed by atoms with Crippen LogP contribution in [0.5, 0.6) is 0 Å². The maximum absolute atomic E-state index is 13.6. The lowest BCUT2D eigenvalue weighted by atomic mass is 10.0. The minimum atomic E-state index is -1.18. The van der Waals surface area contributed by atoms with Crippen molar-refractivity contribution in [3.63, 3.8) is 0 Å². The van der Waals surface area contributed by atoms with Crippen LogP contribution in [0, 0.1) is 5.92 Å². The summed E-state index contributed by atoms with van der Waals surface area (Å²) in [7, 11) is 0. The van der Waals surface area contributed by atoms with Gasteiger partial charge in [0.1, 0.15) is 12.1 Å². The van der Waals surface area contributed by atoms with Crippen molar-refractivity contribution in [3.05, 3.63) is 77.9 Å². The van der Waals surface area contributed by atoms with E-state index < -0.39 is 65.4 Å². The fraction of sp³-hybridized carbons (Fsp3) is 0.273. The number of carbonyl (C=O) groups excluding carboxylic acids is 8. The molecule has 0 saturated carbocycles. The first-order valence-corrected chi connectivity index (χ1v) is 15.2. The Labute approximate surface area is 280 Å². The fourth-order valence-corrected chi connectivity index (χ4v) is 5.04. The van der Waals surface area contributed by atoms with Crippen molar-refractivity contribution in [2.45, 2.75) is 45.4 Å². The van der Waals surface area contributed by atoms with E-state index in [9.17, 15) is 43.5 Å². The Hall–Kier alpha value is -6.16. The average molecular weight is 674 g/mol. The third-order valence-corrected chi connectivity index (χ3v) is 7.58. The lowest BCUT2D eigenvalue weighted by Gasteiger charge is -2.26. The first kappa shape index (κ1) is 35.7. The molecule has 2 heterocycles. The topological polar surface area (TPSA) is 237 Å². The molecule has 2 atom stereocenters. The lowest BCUT2D eigenvalue weighted by molar-refractivity contribution is -0.128. The highest BCUT2D eigenvalue weighted by Crippen LogP contribution is 2.34. The maximum Gasteiger partial charge on any atom is 0.312 e. The molecule has 9 amide bonds. The van der Waals surface area contributed by atoms with Gasteiger partial charge in [0.2, 0.25) is 11.8 Å². The monoisotopic (exact) mass is 673 g/mol. The molecule has 16 heteroatoms. The van der Waals surface area contributed by atoms with E-state index in [1.807, 2.05) is 0 Å². The van der Waals surface area contributed by atoms with Gasteiger partial charge in [0.25, 0.3) is 29.5 Å². The Morgan fingerprint density at radius 2 is 1.35 bits per heavy atom. The number of imide groups is 2. The summed E-state index contributed by atoms with van der Waals surface area (Å²) in [5.41, 5.74) is 5.75. The zero-order chi connectivity index (χ0) is 35.8. The van der Waals surface area contributed by atoms with Gasteiger partial charge in [0.05, 0.1) is 18.0 Å². The predicted molar refractivity (Wildman–Crippen MR) is 176 cm³/mol. The van der Waals surface area contributed by atoms with Gasteiger partial charge in [-0.2, -0.15) is 0 Å². The van der Waals surface area contributed by atoms with Crippen LogP contribution < -0.4 is 36.8 Å². The molecule has 0 radical (unpaired) electrons. The van der Waals surface area contributed by atoms with E-state index >= 15 is 0 Å². The second-order valence-corrected chi connectivity index (χ2v) is 11.4. The molecule has 16 nitrogen and oxygen atoms in total. The van der Waals surface area contributed by atoms with Crippen LogP contribution in [-0.2, 0) is 35.4 Å². The van der Waals surface area contributed by atoms with Crippen LogP contribution in [0.3, 0.4) is 0 Å². The summed E-state index contributed by atoms with van der Waals surface area (Å²) in [6.45, 7) is 3.27. The van der Waals surface area contributed by atoms with E-state index in [4.69, 9.17) is 5.73 Å². The molecule has 0 saturated heterocycles. The molecule has 0 fully saturated rings. The summed E-state index contributed by atoms with van der Waals surface area (Å²) in [5.74, 6) is -5.49. The van der Waals surface area contributed by atoms with Gasteiger partial charge in [-0.15, -0.1) is 0 Å². The van der Waals surface area contributed by atoms with Crippen molar-refractivity contribution in [2.24, 2.45) is 11.7 Å². The van der Waals surface area contributed by atoms with Crippen molar-refractivity contribution >= 4 is 64.4 Å². The molecule has 2 aromatic rings. The van der Waals surface area contributed by atoms with Crippen molar-refractivity contribution < 1.29 is 43.5 Å². The van der Waals surface area contributed by atoms with Crippen molar-refractivity contribution in [3.8, 4) is 0 Å². The van der Waals surface area contributed by atoms with Crippen LogP contribution >= 0.6 is 0 Å². The molecule has 2 aliphatic heterocycles. The zero-order valence-corrected chi connectivity index (χ0v) is 26.6. The number of nitrogens with zero attached hydrogens (tertiary/aromatic N) is 2. The number of aliphatic hydroxyl groups excluding tert-OH is 1. The molecule has 0 aliphatic carbocycles. The number of nitrogens with one attached hydrogen (secondary N) is 4. The van der Waals surface area contributed by atoms with Crippen LogP contribution in [0.4, 0.5) is 21.9 Å². The molecular weight excluding hydrogens is 638 g/mol. The van der Waals surface area contributed by atoms with Crippen LogP contribution in [0.1, 0.15) is 42.6 Å². The molecular formula is C33H35N7O9. The minimum Gasteiger partial charge on any atom is -0.392 e. The molecule has 0 bridgehead atoms. The summed E-state index contributed by atoms with van der Waals surface area (Å²) in [6.07, 6.45) is 4.41. The van der Waals surface area contributed by atoms with Gasteiger partial charge in [0.15, 0.2) is 0 Å². The summed E-state index contributed by atoms with van der Waals surface area (Å²) < 4.78 is 0. The summed E-state index contributed by atoms with van der Waals surface area (Å²) in [6, 6.07) is 7.03. The Balaban J connectivity index is 1.55. The van der Waals surface area contributed by atoms with Crippen molar-refractivity contribution in [1.82, 2.24) is 16.0 Å². The van der Waals surface area contributed by atoms with Crippen molar-refractivity contribution in [1.29, 1.82) is 0 Å². The quantitative estimate of drug-likeness (QED) is 0.120. The number of carbonyl (C=O) groups is 8. The number of rotatable bonds is 14. The van der Waals surface area contributed by atoms with Gasteiger partial charge in [-0.3, -0.25) is 33.6 Å². The highest BCUT2D eigenvalue weighted by Gasteiger charge is 2.35. The number of aliphatic hydroxyl groups is 1. The van der Waals surface area contributed by atoms with Gasteiger partial charge in [0, 0.05) is 42.1 Å². The van der Waals surface area contributed by atoms with E-state index in [0.717, 1.165) is 35.3 Å². The third kappa shape index (κ3) is 8.61. The number of urea groups is 1. The second-order valence-electron chi connectivity index (χ2n) is 11.4. The van der Waals surface area contributed by atoms with Gasteiger partial charge in [-0.1, -0.05) is 26.0 Å². The predicted octanol–water partition coefficient (Wildman–Crippen LogP) is 0.364. The fourth-order valence-electron chi connectivity index (χ4n) is 5.04. The van der Waals surface area contributed by atoms with Gasteiger partial charge < -0.3 is 32.1 Å². The number of anilines is 3. The number of amides is 9. The maximum atomic E-state index is 13.6. The Kier molecular flexibility index (Phi) is 11.4. The molecule has 2 unspecified atom stereocenters. The van der Waals surface area contributed by atoms with Crippen LogP contribution in [0.15, 0.2) is 66.8 Å². The standard InChI is InChI=1S/C33H35N7O9/c1-18(2)29(32(48)37-22(4-3-15-35-33(34)49)31(47)36-21-8-5-19(17-41)6-9-21)38-30(46)20-7-10-23(39-25(42)11-12-26(39)43)24(16-20)40-27(44)13-14-28(40)45/h5-14,16,18,22,29,41H,3-4,15,17H2,1-2H3,(H,36,47)(H,37,48)(H,38,46)(H3,34,35,49). The molecule has 7 N–H and O–H groups in total. The number of nitrogens with two attached hydrogens (primary N) is 1. The van der Waals surface area contributed by atoms with Gasteiger partial charge in [-0.05, 0) is 54.7 Å². The molecule has 2 aromatic carbocycles. The molecule has 0 aromatic heterocycles. The average Bonchev–Trinajstić information content (AvgIpc) is 3.58. The Morgan fingerprint density at radius 3 is 1.88 bits per heavy atom. The number of hydrogen-bond donors (Lipinski definition) is 6. The minimum absolute atomic E-state index is 0.0882. The highest BCUT2D eigenvalue weighted by atomic mass is 16.3. The first-order chi connectivity index (χ1) is 23.3. The lowest BCUT2D eigenvalue weighted by Crippen LogP contribution is -2.54. The highest BCUT2D eigenvalue weighted by molar-refractivity contribution is 6.33. The van der Waals surface area contributed by atoms with E-state index in [0.29, 0.717) is 16.2 Å². The van der Waals surface area contributed by atoms with Crippen LogP contribution in [0.25, 0.3) is 0 Å². The number of primary amides is 1. The van der Waals surface area contributed by atoms with Gasteiger partial charge in [-0.25, -0.2) is 14.6 Å². The molecule has 4 rings (SSSR count). The van der Waals surface area contributed by atoms with Crippen molar-refractivity contribution in [2.75, 3.05) is 21.7 Å². The van der Waals surface area contributed by atoms with E-state index in [-0.39, 0.29) is 42.9 Å². The zero-order valence-electron chi connectivity index (χ0n) is 26.6. The Bertz CT molecular complexity index is 1710. The SMILES string of the molecule is CC(C)C(NC(=O)c1ccc(N2C(=O)C=CC2=O)c(N2C(=O)C=CC2=O)c1)C(=O)NC(CCCNC(N)=O)C(=O)Nc1ccc(CO)cc1. The summed E-state index contributed by atoms with van der Waals surface area (Å²) in [5, 5.41) is 19.7. The van der Waals surface area contributed by atoms with Crippen LogP contribution in [-0.4, -0.2) is 71.1 Å².